The molecule has 0 amide bonds. The molecule has 4 nitrogen and oxygen atoms in total. The van der Waals surface area contributed by atoms with Crippen molar-refractivity contribution in [3.8, 4) is 11.3 Å². The molecule has 5 heteroatoms. The number of carbonyl (C=O) groups is 1. The zero-order valence-electron chi connectivity index (χ0n) is 10.7. The fourth-order valence-corrected chi connectivity index (χ4v) is 2.26. The molecule has 2 aromatic carbocycles. The molecule has 1 heterocycles. The maximum absolute atomic E-state index is 12.1. The number of benzene rings is 2. The highest BCUT2D eigenvalue weighted by molar-refractivity contribution is 6.30. The van der Waals surface area contributed by atoms with Crippen molar-refractivity contribution in [1.29, 1.82) is 0 Å². The quantitative estimate of drug-likeness (QED) is 0.781. The summed E-state index contributed by atoms with van der Waals surface area (Å²) in [6.07, 6.45) is 0. The fourth-order valence-electron chi connectivity index (χ4n) is 2.07. The normalized spacial score (nSPS) is 10.7. The molecule has 0 bridgehead atoms. The summed E-state index contributed by atoms with van der Waals surface area (Å²) in [5.74, 6) is -0.701. The average molecular weight is 301 g/mol. The molecule has 0 atom stereocenters. The monoisotopic (exact) mass is 300 g/mol. The summed E-state index contributed by atoms with van der Waals surface area (Å²) >= 11 is 5.92. The van der Waals surface area contributed by atoms with Gasteiger partial charge in [0, 0.05) is 16.7 Å². The number of aromatic carboxylic acids is 1. The zero-order chi connectivity index (χ0) is 15.0. The van der Waals surface area contributed by atoms with Gasteiger partial charge in [0.05, 0.1) is 10.9 Å². The Morgan fingerprint density at radius 1 is 1.10 bits per heavy atom. The van der Waals surface area contributed by atoms with Gasteiger partial charge in [-0.15, -0.1) is 0 Å². The van der Waals surface area contributed by atoms with Crippen LogP contribution in [0.2, 0.25) is 5.02 Å². The van der Waals surface area contributed by atoms with Gasteiger partial charge in [0.2, 0.25) is 0 Å². The van der Waals surface area contributed by atoms with Crippen LogP contribution in [0.15, 0.2) is 57.7 Å². The smallest absolute Gasteiger partial charge is 0.335 e. The zero-order valence-corrected chi connectivity index (χ0v) is 11.4. The lowest BCUT2D eigenvalue weighted by Crippen LogP contribution is -2.03. The van der Waals surface area contributed by atoms with Gasteiger partial charge in [0.25, 0.3) is 0 Å². The summed E-state index contributed by atoms with van der Waals surface area (Å²) in [7, 11) is 0. The number of rotatable bonds is 2. The first kappa shape index (κ1) is 13.4. The molecule has 3 rings (SSSR count). The highest BCUT2D eigenvalue weighted by atomic mass is 35.5. The van der Waals surface area contributed by atoms with Crippen LogP contribution in [0, 0.1) is 0 Å². The van der Waals surface area contributed by atoms with E-state index in [4.69, 9.17) is 21.1 Å². The van der Waals surface area contributed by atoms with Crippen molar-refractivity contribution in [1.82, 2.24) is 0 Å². The first-order chi connectivity index (χ1) is 10.0. The van der Waals surface area contributed by atoms with Crippen molar-refractivity contribution < 1.29 is 14.3 Å². The number of fused-ring (bicyclic) bond motifs is 1. The molecule has 0 saturated carbocycles. The van der Waals surface area contributed by atoms with E-state index >= 15 is 0 Å². The molecule has 21 heavy (non-hydrogen) atoms. The third-order valence-electron chi connectivity index (χ3n) is 3.08. The summed E-state index contributed by atoms with van der Waals surface area (Å²) < 4.78 is 5.67. The van der Waals surface area contributed by atoms with E-state index in [1.165, 1.54) is 24.3 Å². The van der Waals surface area contributed by atoms with Crippen LogP contribution in [0.5, 0.6) is 0 Å². The van der Waals surface area contributed by atoms with Crippen molar-refractivity contribution in [2.75, 3.05) is 0 Å². The maximum Gasteiger partial charge on any atom is 0.335 e. The highest BCUT2D eigenvalue weighted by Crippen LogP contribution is 2.24. The van der Waals surface area contributed by atoms with Gasteiger partial charge in [0.1, 0.15) is 11.3 Å². The summed E-state index contributed by atoms with van der Waals surface area (Å²) in [5, 5.41) is 9.73. The van der Waals surface area contributed by atoms with Crippen molar-refractivity contribution in [3.63, 3.8) is 0 Å². The predicted octanol–water partition coefficient (Wildman–Crippen LogP) is 3.81. The largest absolute Gasteiger partial charge is 0.478 e. The molecule has 0 unspecified atom stereocenters. The van der Waals surface area contributed by atoms with Crippen LogP contribution in [0.3, 0.4) is 0 Å². The molecule has 1 aromatic heterocycles. The first-order valence-electron chi connectivity index (χ1n) is 6.12. The summed E-state index contributed by atoms with van der Waals surface area (Å²) in [6.45, 7) is 0. The van der Waals surface area contributed by atoms with E-state index < -0.39 is 5.97 Å². The Kier molecular flexibility index (Phi) is 3.23. The second kappa shape index (κ2) is 5.07. The minimum atomic E-state index is -1.09. The summed E-state index contributed by atoms with van der Waals surface area (Å²) in [4.78, 5) is 23.1. The molecule has 0 radical (unpaired) electrons. The molecule has 0 aliphatic heterocycles. The van der Waals surface area contributed by atoms with Gasteiger partial charge in [-0.2, -0.15) is 0 Å². The van der Waals surface area contributed by atoms with Crippen LogP contribution in [-0.2, 0) is 0 Å². The molecule has 0 aliphatic carbocycles. The van der Waals surface area contributed by atoms with Crippen LogP contribution in [0.25, 0.3) is 22.3 Å². The Balaban J connectivity index is 2.23. The fraction of sp³-hybridized carbons (Fsp3) is 0. The van der Waals surface area contributed by atoms with Crippen molar-refractivity contribution in [3.05, 3.63) is 69.3 Å². The number of carboxylic acids is 1. The minimum absolute atomic E-state index is 0.0466. The van der Waals surface area contributed by atoms with E-state index in [0.717, 1.165) is 0 Å². The molecule has 0 saturated heterocycles. The molecular weight excluding hydrogens is 292 g/mol. The van der Waals surface area contributed by atoms with E-state index in [-0.39, 0.29) is 16.4 Å². The lowest BCUT2D eigenvalue weighted by atomic mass is 10.1. The predicted molar refractivity (Wildman–Crippen MR) is 79.9 cm³/mol. The van der Waals surface area contributed by atoms with Crippen molar-refractivity contribution >= 4 is 28.5 Å². The van der Waals surface area contributed by atoms with Gasteiger partial charge < -0.3 is 9.52 Å². The Bertz CT molecular complexity index is 912. The van der Waals surface area contributed by atoms with Gasteiger partial charge in [-0.1, -0.05) is 23.7 Å². The van der Waals surface area contributed by atoms with E-state index in [9.17, 15) is 9.59 Å². The molecule has 104 valence electrons. The third kappa shape index (κ3) is 2.53. The SMILES string of the molecule is O=C(O)c1ccc2oc(-c3cccc(Cl)c3)cc(=O)c2c1. The van der Waals surface area contributed by atoms with E-state index in [0.29, 0.717) is 21.9 Å². The average Bonchev–Trinajstić information content (AvgIpc) is 2.46. The Labute approximate surface area is 124 Å². The standard InChI is InChI=1S/C16H9ClO4/c17-11-3-1-2-9(6-11)15-8-13(18)12-7-10(16(19)20)4-5-14(12)21-15/h1-8H,(H,19,20). The topological polar surface area (TPSA) is 67.5 Å². The third-order valence-corrected chi connectivity index (χ3v) is 3.32. The van der Waals surface area contributed by atoms with Crippen LogP contribution in [-0.4, -0.2) is 11.1 Å². The van der Waals surface area contributed by atoms with E-state index in [2.05, 4.69) is 0 Å². The first-order valence-corrected chi connectivity index (χ1v) is 6.49. The van der Waals surface area contributed by atoms with Crippen LogP contribution >= 0.6 is 11.6 Å². The lowest BCUT2D eigenvalue weighted by Gasteiger charge is -2.04. The second-order valence-electron chi connectivity index (χ2n) is 4.50. The molecule has 0 spiro atoms. The van der Waals surface area contributed by atoms with Crippen LogP contribution < -0.4 is 5.43 Å². The van der Waals surface area contributed by atoms with E-state index in [1.54, 1.807) is 24.3 Å². The van der Waals surface area contributed by atoms with Crippen molar-refractivity contribution in [2.24, 2.45) is 0 Å². The van der Waals surface area contributed by atoms with Gasteiger partial charge in [-0.25, -0.2) is 4.79 Å². The minimum Gasteiger partial charge on any atom is -0.478 e. The molecule has 1 N–H and O–H groups in total. The number of hydrogen-bond donors (Lipinski definition) is 1. The lowest BCUT2D eigenvalue weighted by molar-refractivity contribution is 0.0697. The van der Waals surface area contributed by atoms with Gasteiger partial charge in [-0.05, 0) is 30.3 Å². The Morgan fingerprint density at radius 2 is 1.90 bits per heavy atom. The van der Waals surface area contributed by atoms with Crippen molar-refractivity contribution in [2.45, 2.75) is 0 Å². The van der Waals surface area contributed by atoms with E-state index in [1.807, 2.05) is 0 Å². The molecule has 3 aromatic rings. The molecule has 0 fully saturated rings. The van der Waals surface area contributed by atoms with Gasteiger partial charge in [-0.3, -0.25) is 4.79 Å². The van der Waals surface area contributed by atoms with Crippen LogP contribution in [0.1, 0.15) is 10.4 Å². The Hall–Kier alpha value is -2.59. The molecular formula is C16H9ClO4. The van der Waals surface area contributed by atoms with Crippen LogP contribution in [0.4, 0.5) is 0 Å². The van der Waals surface area contributed by atoms with Gasteiger partial charge >= 0.3 is 5.97 Å². The summed E-state index contributed by atoms with van der Waals surface area (Å²) in [5.41, 5.74) is 0.769. The highest BCUT2D eigenvalue weighted by Gasteiger charge is 2.10. The maximum atomic E-state index is 12.1. The second-order valence-corrected chi connectivity index (χ2v) is 4.94. The summed E-state index contributed by atoms with van der Waals surface area (Å²) in [6, 6.07) is 12.5. The molecule has 0 aliphatic rings. The Morgan fingerprint density at radius 3 is 2.62 bits per heavy atom. The number of hydrogen-bond acceptors (Lipinski definition) is 3. The van der Waals surface area contributed by atoms with Gasteiger partial charge in [0.15, 0.2) is 5.43 Å². The number of halogens is 1. The number of carboxylic acid groups (broad SMARTS) is 1.